The van der Waals surface area contributed by atoms with Gasteiger partial charge in [-0.2, -0.15) is 0 Å². The third-order valence-electron chi connectivity index (χ3n) is 2.65. The number of ether oxygens (including phenoxy) is 1. The maximum atomic E-state index is 13.2. The second-order valence-electron chi connectivity index (χ2n) is 4.04. The summed E-state index contributed by atoms with van der Waals surface area (Å²) in [6, 6.07) is 3.33. The second-order valence-corrected chi connectivity index (χ2v) is 4.04. The number of hydrogen-bond acceptors (Lipinski definition) is 5. The van der Waals surface area contributed by atoms with Gasteiger partial charge < -0.3 is 20.7 Å². The van der Waals surface area contributed by atoms with Crippen LogP contribution in [0.25, 0.3) is 0 Å². The zero-order valence-corrected chi connectivity index (χ0v) is 10.7. The highest BCUT2D eigenvalue weighted by Crippen LogP contribution is 2.24. The molecule has 6 heteroatoms. The van der Waals surface area contributed by atoms with Gasteiger partial charge in [-0.25, -0.2) is 9.18 Å². The van der Waals surface area contributed by atoms with Crippen LogP contribution in [-0.4, -0.2) is 35.4 Å². The highest BCUT2D eigenvalue weighted by molar-refractivity contribution is 5.91. The minimum absolute atomic E-state index is 0.000556. The van der Waals surface area contributed by atoms with Crippen LogP contribution in [0, 0.1) is 5.82 Å². The molecule has 1 aromatic rings. The molecule has 5 nitrogen and oxygen atoms in total. The summed E-state index contributed by atoms with van der Waals surface area (Å²) in [6.45, 7) is 1.97. The number of carbonyl (C=O) groups excluding carboxylic acids is 1. The lowest BCUT2D eigenvalue weighted by Crippen LogP contribution is -2.24. The second kappa shape index (κ2) is 7.18. The van der Waals surface area contributed by atoms with Gasteiger partial charge in [0.1, 0.15) is 11.9 Å². The van der Waals surface area contributed by atoms with E-state index in [1.54, 1.807) is 6.92 Å². The Bertz CT molecular complexity index is 439. The number of carbonyl (C=O) groups is 1. The van der Waals surface area contributed by atoms with Gasteiger partial charge in [0.2, 0.25) is 0 Å². The summed E-state index contributed by atoms with van der Waals surface area (Å²) >= 11 is 0. The average molecular weight is 271 g/mol. The van der Waals surface area contributed by atoms with Crippen molar-refractivity contribution in [3.63, 3.8) is 0 Å². The third kappa shape index (κ3) is 3.99. The van der Waals surface area contributed by atoms with Gasteiger partial charge in [0, 0.05) is 5.56 Å². The van der Waals surface area contributed by atoms with E-state index in [-0.39, 0.29) is 30.7 Å². The largest absolute Gasteiger partial charge is 0.462 e. The molecular formula is C13H18FNO4. The van der Waals surface area contributed by atoms with E-state index >= 15 is 0 Å². The van der Waals surface area contributed by atoms with Crippen molar-refractivity contribution in [1.82, 2.24) is 0 Å². The Kier molecular flexibility index (Phi) is 5.88. The van der Waals surface area contributed by atoms with E-state index in [4.69, 9.17) is 10.5 Å². The summed E-state index contributed by atoms with van der Waals surface area (Å²) < 4.78 is 18.1. The van der Waals surface area contributed by atoms with Crippen molar-refractivity contribution in [3.8, 4) is 0 Å². The third-order valence-corrected chi connectivity index (χ3v) is 2.65. The molecule has 19 heavy (non-hydrogen) atoms. The van der Waals surface area contributed by atoms with Crippen LogP contribution in [-0.2, 0) is 4.74 Å². The van der Waals surface area contributed by atoms with Gasteiger partial charge in [-0.15, -0.1) is 0 Å². The van der Waals surface area contributed by atoms with Crippen molar-refractivity contribution in [2.45, 2.75) is 25.6 Å². The summed E-state index contributed by atoms with van der Waals surface area (Å²) in [4.78, 5) is 11.7. The first kappa shape index (κ1) is 15.6. The topological polar surface area (TPSA) is 92.8 Å². The first-order chi connectivity index (χ1) is 9.01. The average Bonchev–Trinajstić information content (AvgIpc) is 2.38. The van der Waals surface area contributed by atoms with Crippen LogP contribution >= 0.6 is 0 Å². The molecule has 0 aliphatic heterocycles. The molecule has 1 aromatic carbocycles. The number of esters is 1. The zero-order chi connectivity index (χ0) is 14.4. The van der Waals surface area contributed by atoms with E-state index in [0.29, 0.717) is 0 Å². The SMILES string of the molecule is CCOC(=O)c1ccc(F)cc1C(O)C(O)CCN. The smallest absolute Gasteiger partial charge is 0.338 e. The van der Waals surface area contributed by atoms with Crippen molar-refractivity contribution >= 4 is 5.97 Å². The summed E-state index contributed by atoms with van der Waals surface area (Å²) in [5.74, 6) is -1.28. The summed E-state index contributed by atoms with van der Waals surface area (Å²) in [6.07, 6.45) is -2.42. The molecule has 0 aliphatic rings. The van der Waals surface area contributed by atoms with Gasteiger partial charge in [0.05, 0.1) is 18.3 Å². The van der Waals surface area contributed by atoms with Crippen LogP contribution in [0.1, 0.15) is 35.4 Å². The Balaban J connectivity index is 3.09. The molecule has 0 aromatic heterocycles. The maximum absolute atomic E-state index is 13.2. The van der Waals surface area contributed by atoms with Crippen molar-refractivity contribution in [2.75, 3.05) is 13.2 Å². The molecule has 4 N–H and O–H groups in total. The predicted octanol–water partition coefficient (Wildman–Crippen LogP) is 0.746. The normalized spacial score (nSPS) is 13.9. The maximum Gasteiger partial charge on any atom is 0.338 e. The Hall–Kier alpha value is -1.50. The quantitative estimate of drug-likeness (QED) is 0.664. The van der Waals surface area contributed by atoms with Gasteiger partial charge >= 0.3 is 5.97 Å². The lowest BCUT2D eigenvalue weighted by molar-refractivity contribution is 0.0134. The molecule has 2 unspecified atom stereocenters. The Morgan fingerprint density at radius 1 is 1.47 bits per heavy atom. The van der Waals surface area contributed by atoms with E-state index in [0.717, 1.165) is 12.1 Å². The van der Waals surface area contributed by atoms with Gasteiger partial charge in [0.25, 0.3) is 0 Å². The lowest BCUT2D eigenvalue weighted by Gasteiger charge is -2.19. The highest BCUT2D eigenvalue weighted by Gasteiger charge is 2.24. The number of rotatable bonds is 6. The first-order valence-corrected chi connectivity index (χ1v) is 6.04. The molecule has 0 spiro atoms. The molecule has 0 saturated carbocycles. The number of benzene rings is 1. The van der Waals surface area contributed by atoms with Crippen molar-refractivity contribution < 1.29 is 24.1 Å². The summed E-state index contributed by atoms with van der Waals surface area (Å²) in [5.41, 5.74) is 5.32. The number of aliphatic hydroxyl groups excluding tert-OH is 2. The standard InChI is InChI=1S/C13H18FNO4/c1-2-19-13(18)9-4-3-8(14)7-10(9)12(17)11(16)5-6-15/h3-4,7,11-12,16-17H,2,5-6,15H2,1H3. The van der Waals surface area contributed by atoms with E-state index < -0.39 is 24.0 Å². The van der Waals surface area contributed by atoms with Crippen molar-refractivity contribution in [3.05, 3.63) is 35.1 Å². The minimum Gasteiger partial charge on any atom is -0.462 e. The van der Waals surface area contributed by atoms with E-state index in [1.165, 1.54) is 6.07 Å². The fourth-order valence-corrected chi connectivity index (χ4v) is 1.71. The van der Waals surface area contributed by atoms with Crippen LogP contribution in [0.15, 0.2) is 18.2 Å². The molecular weight excluding hydrogens is 253 g/mol. The molecule has 0 radical (unpaired) electrons. The zero-order valence-electron chi connectivity index (χ0n) is 10.7. The van der Waals surface area contributed by atoms with E-state index in [1.807, 2.05) is 0 Å². The Morgan fingerprint density at radius 2 is 2.16 bits per heavy atom. The molecule has 0 saturated heterocycles. The molecule has 2 atom stereocenters. The van der Waals surface area contributed by atoms with Gasteiger partial charge in [0.15, 0.2) is 0 Å². The molecule has 0 amide bonds. The monoisotopic (exact) mass is 271 g/mol. The summed E-state index contributed by atoms with van der Waals surface area (Å²) in [5, 5.41) is 19.7. The minimum atomic E-state index is -1.39. The fraction of sp³-hybridized carbons (Fsp3) is 0.462. The molecule has 1 rings (SSSR count). The van der Waals surface area contributed by atoms with Crippen molar-refractivity contribution in [2.24, 2.45) is 5.73 Å². The molecule has 106 valence electrons. The van der Waals surface area contributed by atoms with Crippen LogP contribution in [0.2, 0.25) is 0 Å². The van der Waals surface area contributed by atoms with Crippen LogP contribution in [0.5, 0.6) is 0 Å². The molecule has 0 fully saturated rings. The van der Waals surface area contributed by atoms with E-state index in [9.17, 15) is 19.4 Å². The van der Waals surface area contributed by atoms with Gasteiger partial charge in [-0.1, -0.05) is 0 Å². The van der Waals surface area contributed by atoms with Crippen LogP contribution in [0.4, 0.5) is 4.39 Å². The number of halogens is 1. The fourth-order valence-electron chi connectivity index (χ4n) is 1.71. The molecule has 0 bridgehead atoms. The molecule has 0 aliphatic carbocycles. The highest BCUT2D eigenvalue weighted by atomic mass is 19.1. The van der Waals surface area contributed by atoms with Gasteiger partial charge in [-0.05, 0) is 38.1 Å². The Labute approximate surface area is 110 Å². The number of aliphatic hydroxyl groups is 2. The van der Waals surface area contributed by atoms with E-state index in [2.05, 4.69) is 0 Å². The van der Waals surface area contributed by atoms with Gasteiger partial charge in [-0.3, -0.25) is 0 Å². The lowest BCUT2D eigenvalue weighted by atomic mass is 9.97. The Morgan fingerprint density at radius 3 is 2.74 bits per heavy atom. The first-order valence-electron chi connectivity index (χ1n) is 6.04. The molecule has 0 heterocycles. The van der Waals surface area contributed by atoms with Crippen LogP contribution in [0.3, 0.4) is 0 Å². The summed E-state index contributed by atoms with van der Waals surface area (Å²) in [7, 11) is 0. The number of hydrogen-bond donors (Lipinski definition) is 3. The van der Waals surface area contributed by atoms with Crippen molar-refractivity contribution in [1.29, 1.82) is 0 Å². The van der Waals surface area contributed by atoms with Crippen LogP contribution < -0.4 is 5.73 Å². The number of nitrogens with two attached hydrogens (primary N) is 1. The predicted molar refractivity (Wildman–Crippen MR) is 67.0 cm³/mol.